The normalized spacial score (nSPS) is 17.3. The number of anilines is 2. The van der Waals surface area contributed by atoms with Gasteiger partial charge in [0.25, 0.3) is 0 Å². The molecule has 0 aliphatic carbocycles. The monoisotopic (exact) mass is 1030 g/mol. The third kappa shape index (κ3) is 9.82. The zero-order valence-corrected chi connectivity index (χ0v) is 45.8. The van der Waals surface area contributed by atoms with Crippen molar-refractivity contribution in [2.75, 3.05) is 7.05 Å². The Kier molecular flexibility index (Phi) is 14.4. The van der Waals surface area contributed by atoms with Gasteiger partial charge in [-0.1, -0.05) is 0 Å². The first-order valence-electron chi connectivity index (χ1n) is 16.0. The summed E-state index contributed by atoms with van der Waals surface area (Å²) in [6.45, 7) is 51.9. The van der Waals surface area contributed by atoms with Gasteiger partial charge in [-0.05, 0) is 0 Å². The molecule has 0 fully saturated rings. The van der Waals surface area contributed by atoms with Gasteiger partial charge in [0.2, 0.25) is 0 Å². The van der Waals surface area contributed by atoms with Crippen molar-refractivity contribution in [1.82, 2.24) is 6.38 Å². The molecule has 42 heavy (non-hydrogen) atoms. The van der Waals surface area contributed by atoms with Gasteiger partial charge >= 0.3 is 302 Å². The van der Waals surface area contributed by atoms with Crippen LogP contribution in [-0.2, 0) is 0 Å². The second kappa shape index (κ2) is 14.2. The molecule has 0 heterocycles. The molecule has 0 saturated carbocycles. The summed E-state index contributed by atoms with van der Waals surface area (Å²) in [4.78, 5) is 0. The maximum atomic E-state index is 3.24. The zero-order chi connectivity index (χ0) is 33.7. The summed E-state index contributed by atoms with van der Waals surface area (Å²) in [5, 5.41) is 2.62. The van der Waals surface area contributed by atoms with E-state index in [0.29, 0.717) is 0 Å². The standard InChI is InChI=1S/C28H68Ge2I2N4Si6/c1-21-29(31,35(39(9,10)11)40(12,13)14)33(37(3,4)5)27-23-25-28(26-24-27)34(38(6,7)8)30(32,22-2)36(41(15,16)17)42(18,19)20/h23-26H,21-22H2,1-20H3. The molecule has 0 spiro atoms. The summed E-state index contributed by atoms with van der Waals surface area (Å²) in [6, 6.07) is 10.2. The summed E-state index contributed by atoms with van der Waals surface area (Å²) in [5.41, 5.74) is 3.00. The number of halogens is 2. The van der Waals surface area contributed by atoms with Gasteiger partial charge in [0.1, 0.15) is 0 Å². The van der Waals surface area contributed by atoms with E-state index in [1.807, 2.05) is 0 Å². The fourth-order valence-corrected chi connectivity index (χ4v) is 157. The van der Waals surface area contributed by atoms with E-state index >= 15 is 0 Å². The van der Waals surface area contributed by atoms with E-state index < -0.39 is 70.2 Å². The van der Waals surface area contributed by atoms with Crippen LogP contribution in [0.1, 0.15) is 13.8 Å². The van der Waals surface area contributed by atoms with E-state index in [2.05, 4.69) is 210 Å². The van der Waals surface area contributed by atoms with Crippen LogP contribution in [0.5, 0.6) is 0 Å². The quantitative estimate of drug-likeness (QED) is 0.136. The number of benzene rings is 1. The van der Waals surface area contributed by atoms with Gasteiger partial charge in [0.05, 0.1) is 0 Å². The number of nitrogens with zero attached hydrogens (tertiary/aromatic N) is 4. The van der Waals surface area contributed by atoms with Gasteiger partial charge in [-0.3, -0.25) is 0 Å². The van der Waals surface area contributed by atoms with Crippen molar-refractivity contribution in [3.8, 4) is 0 Å². The van der Waals surface area contributed by atoms with Gasteiger partial charge in [-0.15, -0.1) is 0 Å². The maximum absolute atomic E-state index is 3.24. The van der Waals surface area contributed by atoms with Gasteiger partial charge in [-0.25, -0.2) is 0 Å². The summed E-state index contributed by atoms with van der Waals surface area (Å²) in [7, 11) is -14.8. The van der Waals surface area contributed by atoms with Crippen molar-refractivity contribution >= 4 is 122 Å². The first-order chi connectivity index (χ1) is 18.3. The van der Waals surface area contributed by atoms with Crippen LogP contribution >= 0.6 is 40.4 Å². The Morgan fingerprint density at radius 3 is 0.738 bits per heavy atom. The van der Waals surface area contributed by atoms with E-state index in [1.165, 1.54) is 21.9 Å². The molecule has 2 atom stereocenters. The summed E-state index contributed by atoms with van der Waals surface area (Å²) in [5.74, 6) is 0. The Morgan fingerprint density at radius 2 is 0.619 bits per heavy atom. The molecular formula is C28H68Ge2I2N4Si6. The van der Waals surface area contributed by atoms with Crippen LogP contribution in [0.4, 0.5) is 11.4 Å². The SMILES string of the molecule is C[CH2][Ge]([I])([N](c1ccc([N]([Si](C)(C)C)[Ge]([I])([CH2]C)[N]([Si](C)(C)C)[Si](C)(C)C)cc1)[Si](C)(C)C)[N]([Si](C)(C)C)[Si](C)(C)C. The Balaban J connectivity index is 4.01. The first-order valence-corrected chi connectivity index (χ1v) is 56.2. The minimum atomic E-state index is -2.68. The Bertz CT molecular complexity index is 933. The molecule has 0 saturated heterocycles. The second-order valence-corrected chi connectivity index (χ2v) is 84.0. The number of hydrogen-bond donors (Lipinski definition) is 0. The number of rotatable bonds is 14. The van der Waals surface area contributed by atoms with Crippen LogP contribution in [0.2, 0.25) is 128 Å². The van der Waals surface area contributed by atoms with E-state index in [4.69, 9.17) is 0 Å². The van der Waals surface area contributed by atoms with Crippen LogP contribution in [0.15, 0.2) is 24.3 Å². The predicted octanol–water partition coefficient (Wildman–Crippen LogP) is 11.7. The molecule has 14 heteroatoms. The second-order valence-electron chi connectivity index (χ2n) is 18.0. The van der Waals surface area contributed by atoms with Gasteiger partial charge < -0.3 is 0 Å². The van der Waals surface area contributed by atoms with Crippen LogP contribution < -0.4 is 7.05 Å². The van der Waals surface area contributed by atoms with Crippen molar-refractivity contribution in [2.45, 2.75) is 142 Å². The molecule has 0 radical (unpaired) electrons. The van der Waals surface area contributed by atoms with Gasteiger partial charge in [0, 0.05) is 0 Å². The van der Waals surface area contributed by atoms with Crippen LogP contribution in [0.3, 0.4) is 0 Å². The van der Waals surface area contributed by atoms with E-state index in [9.17, 15) is 0 Å². The van der Waals surface area contributed by atoms with Crippen LogP contribution in [0, 0.1) is 0 Å². The van der Waals surface area contributed by atoms with Crippen molar-refractivity contribution < 1.29 is 0 Å². The Hall–Kier alpha value is 2.59. The molecule has 1 aromatic rings. The van der Waals surface area contributed by atoms with Crippen molar-refractivity contribution in [1.29, 1.82) is 0 Å². The fourth-order valence-electron chi connectivity index (χ4n) is 7.85. The fraction of sp³-hybridized carbons (Fsp3) is 0.786. The van der Waals surface area contributed by atoms with Crippen molar-refractivity contribution in [3.63, 3.8) is 0 Å². The average molecular weight is 1030 g/mol. The molecular weight excluding hydrogens is 960 g/mol. The molecule has 246 valence electrons. The van der Waals surface area contributed by atoms with E-state index in [1.54, 1.807) is 0 Å². The molecule has 0 aliphatic rings. The topological polar surface area (TPSA) is 13.0 Å². The third-order valence-electron chi connectivity index (χ3n) is 7.66. The van der Waals surface area contributed by atoms with Gasteiger partial charge in [0.15, 0.2) is 0 Å². The molecule has 0 bridgehead atoms. The average Bonchev–Trinajstić information content (AvgIpc) is 2.68. The molecule has 0 aliphatic heterocycles. The van der Waals surface area contributed by atoms with Crippen molar-refractivity contribution in [3.05, 3.63) is 24.3 Å². The van der Waals surface area contributed by atoms with Crippen LogP contribution in [-0.4, -0.2) is 76.6 Å². The molecule has 4 nitrogen and oxygen atoms in total. The Morgan fingerprint density at radius 1 is 0.429 bits per heavy atom. The third-order valence-corrected chi connectivity index (χ3v) is 104. The first kappa shape index (κ1) is 42.6. The summed E-state index contributed by atoms with van der Waals surface area (Å²) in [6.07, 6.45) is 0. The minimum absolute atomic E-state index is 1.31. The summed E-state index contributed by atoms with van der Waals surface area (Å²) < 4.78 is 12.7. The zero-order valence-electron chi connectivity index (χ0n) is 31.3. The molecule has 1 rings (SSSR count). The molecule has 0 amide bonds. The van der Waals surface area contributed by atoms with Crippen LogP contribution in [0.25, 0.3) is 0 Å². The van der Waals surface area contributed by atoms with Crippen molar-refractivity contribution in [2.24, 2.45) is 0 Å². The molecule has 0 N–H and O–H groups in total. The van der Waals surface area contributed by atoms with Gasteiger partial charge in [-0.2, -0.15) is 0 Å². The number of hydrogen-bond acceptors (Lipinski definition) is 4. The predicted molar refractivity (Wildman–Crippen MR) is 236 cm³/mol. The summed E-state index contributed by atoms with van der Waals surface area (Å²) >= 11 is 6.14. The van der Waals surface area contributed by atoms with E-state index in [0.717, 1.165) is 0 Å². The molecule has 2 unspecified atom stereocenters. The van der Waals surface area contributed by atoms with E-state index in [-0.39, 0.29) is 0 Å². The molecule has 1 aromatic carbocycles. The molecule has 0 aromatic heterocycles. The Labute approximate surface area is 298 Å².